The Bertz CT molecular complexity index is 801. The number of nitrogens with one attached hydrogen (secondary N) is 1. The summed E-state index contributed by atoms with van der Waals surface area (Å²) in [6.45, 7) is 6.91. The third-order valence-corrected chi connectivity index (χ3v) is 5.79. The van der Waals surface area contributed by atoms with Crippen LogP contribution in [0.4, 0.5) is 5.82 Å². The van der Waals surface area contributed by atoms with Gasteiger partial charge in [0.25, 0.3) is 0 Å². The van der Waals surface area contributed by atoms with Gasteiger partial charge in [0, 0.05) is 52.1 Å². The Kier molecular flexibility index (Phi) is 7.74. The number of anilines is 1. The minimum Gasteiger partial charge on any atom is -0.494 e. The Morgan fingerprint density at radius 2 is 1.97 bits per heavy atom. The van der Waals surface area contributed by atoms with Crippen LogP contribution in [0.15, 0.2) is 48.7 Å². The van der Waals surface area contributed by atoms with Crippen molar-refractivity contribution in [3.05, 3.63) is 54.2 Å². The molecule has 4 rings (SSSR count). The van der Waals surface area contributed by atoms with Crippen molar-refractivity contribution in [2.75, 3.05) is 50.8 Å². The molecule has 31 heavy (non-hydrogen) atoms. The summed E-state index contributed by atoms with van der Waals surface area (Å²) in [5.74, 6) is 1.94. The number of hydrogen-bond donors (Lipinski definition) is 1. The van der Waals surface area contributed by atoms with E-state index in [4.69, 9.17) is 9.47 Å². The van der Waals surface area contributed by atoms with Crippen LogP contribution in [0.5, 0.6) is 5.75 Å². The Balaban J connectivity index is 1.12. The van der Waals surface area contributed by atoms with Gasteiger partial charge in [0.15, 0.2) is 0 Å². The number of rotatable bonds is 9. The molecule has 0 aliphatic carbocycles. The number of benzene rings is 1. The lowest BCUT2D eigenvalue weighted by atomic mass is 10.2. The summed E-state index contributed by atoms with van der Waals surface area (Å²) in [7, 11) is 0. The van der Waals surface area contributed by atoms with Gasteiger partial charge in [0.1, 0.15) is 17.7 Å². The average Bonchev–Trinajstić information content (AvgIpc) is 3.36. The normalized spacial score (nSPS) is 19.4. The van der Waals surface area contributed by atoms with E-state index in [0.29, 0.717) is 19.8 Å². The molecule has 2 fully saturated rings. The fourth-order valence-electron chi connectivity index (χ4n) is 4.00. The highest BCUT2D eigenvalue weighted by Gasteiger charge is 2.22. The van der Waals surface area contributed by atoms with Crippen LogP contribution in [0.1, 0.15) is 24.8 Å². The zero-order valence-corrected chi connectivity index (χ0v) is 18.0. The summed E-state index contributed by atoms with van der Waals surface area (Å²) >= 11 is 0. The fourth-order valence-corrected chi connectivity index (χ4v) is 4.00. The summed E-state index contributed by atoms with van der Waals surface area (Å²) in [6.07, 6.45) is 4.17. The molecule has 166 valence electrons. The van der Waals surface area contributed by atoms with Gasteiger partial charge in [-0.25, -0.2) is 4.98 Å². The predicted octanol–water partition coefficient (Wildman–Crippen LogP) is 2.47. The van der Waals surface area contributed by atoms with Crippen LogP contribution in [0.2, 0.25) is 0 Å². The monoisotopic (exact) mass is 424 g/mol. The molecule has 1 aromatic heterocycles. The highest BCUT2D eigenvalue weighted by atomic mass is 16.5. The van der Waals surface area contributed by atoms with Crippen molar-refractivity contribution in [2.24, 2.45) is 0 Å². The summed E-state index contributed by atoms with van der Waals surface area (Å²) in [4.78, 5) is 21.2. The van der Waals surface area contributed by atoms with Crippen LogP contribution in [-0.4, -0.2) is 67.8 Å². The SMILES string of the molecule is O=C(NCCCOc1ccc(CN2CCN(c3ccccn3)CC2)cc1)C1CCCO1. The van der Waals surface area contributed by atoms with Crippen LogP contribution in [0.3, 0.4) is 0 Å². The van der Waals surface area contributed by atoms with E-state index in [0.717, 1.165) is 63.6 Å². The van der Waals surface area contributed by atoms with Crippen molar-refractivity contribution < 1.29 is 14.3 Å². The first-order valence-electron chi connectivity index (χ1n) is 11.3. The molecular formula is C24H32N4O3. The van der Waals surface area contributed by atoms with Crippen LogP contribution in [0.25, 0.3) is 0 Å². The maximum Gasteiger partial charge on any atom is 0.249 e. The standard InChI is InChI=1S/C24H32N4O3/c29-24(22-5-3-17-31-22)26-12-4-18-30-21-9-7-20(8-10-21)19-27-13-15-28(16-14-27)23-6-1-2-11-25-23/h1-2,6-11,22H,3-5,12-19H2,(H,26,29). The van der Waals surface area contributed by atoms with E-state index in [1.165, 1.54) is 5.56 Å². The molecule has 2 aliphatic heterocycles. The molecule has 0 radical (unpaired) electrons. The first-order chi connectivity index (χ1) is 15.3. The van der Waals surface area contributed by atoms with Gasteiger partial charge in [-0.3, -0.25) is 9.69 Å². The number of carbonyl (C=O) groups is 1. The van der Waals surface area contributed by atoms with Crippen LogP contribution in [-0.2, 0) is 16.1 Å². The number of hydrogen-bond acceptors (Lipinski definition) is 6. The van der Waals surface area contributed by atoms with E-state index in [2.05, 4.69) is 38.3 Å². The highest BCUT2D eigenvalue weighted by molar-refractivity contribution is 5.80. The van der Waals surface area contributed by atoms with Crippen LogP contribution >= 0.6 is 0 Å². The number of nitrogens with zero attached hydrogens (tertiary/aromatic N) is 3. The van der Waals surface area contributed by atoms with Gasteiger partial charge in [-0.2, -0.15) is 0 Å². The molecular weight excluding hydrogens is 392 g/mol. The second kappa shape index (κ2) is 11.1. The van der Waals surface area contributed by atoms with E-state index < -0.39 is 0 Å². The maximum atomic E-state index is 11.9. The molecule has 1 atom stereocenters. The van der Waals surface area contributed by atoms with Crippen molar-refractivity contribution >= 4 is 11.7 Å². The molecule has 2 saturated heterocycles. The van der Waals surface area contributed by atoms with E-state index in [1.807, 2.05) is 30.5 Å². The minimum absolute atomic E-state index is 0.00252. The second-order valence-corrected chi connectivity index (χ2v) is 8.09. The summed E-state index contributed by atoms with van der Waals surface area (Å²) < 4.78 is 11.2. The van der Waals surface area contributed by atoms with Crippen molar-refractivity contribution in [1.82, 2.24) is 15.2 Å². The third kappa shape index (κ3) is 6.42. The minimum atomic E-state index is -0.258. The van der Waals surface area contributed by atoms with Crippen molar-refractivity contribution in [1.29, 1.82) is 0 Å². The molecule has 7 nitrogen and oxygen atoms in total. The molecule has 0 bridgehead atoms. The van der Waals surface area contributed by atoms with Gasteiger partial charge in [0.05, 0.1) is 6.61 Å². The van der Waals surface area contributed by atoms with Gasteiger partial charge in [0.2, 0.25) is 5.91 Å². The molecule has 1 unspecified atom stereocenters. The molecule has 0 spiro atoms. The number of aromatic nitrogens is 1. The third-order valence-electron chi connectivity index (χ3n) is 5.79. The topological polar surface area (TPSA) is 66.9 Å². The second-order valence-electron chi connectivity index (χ2n) is 8.09. The Morgan fingerprint density at radius 3 is 2.68 bits per heavy atom. The van der Waals surface area contributed by atoms with Gasteiger partial charge in [-0.1, -0.05) is 18.2 Å². The maximum absolute atomic E-state index is 11.9. The fraction of sp³-hybridized carbons (Fsp3) is 0.500. The first kappa shape index (κ1) is 21.6. The molecule has 1 amide bonds. The Hall–Kier alpha value is -2.64. The molecule has 2 aliphatic rings. The summed E-state index contributed by atoms with van der Waals surface area (Å²) in [5, 5.41) is 2.92. The number of ether oxygens (including phenoxy) is 2. The zero-order chi connectivity index (χ0) is 21.3. The average molecular weight is 425 g/mol. The Labute approximate surface area is 184 Å². The van der Waals surface area contributed by atoms with Crippen LogP contribution in [0, 0.1) is 0 Å². The Morgan fingerprint density at radius 1 is 1.13 bits per heavy atom. The van der Waals surface area contributed by atoms with Gasteiger partial charge in [-0.15, -0.1) is 0 Å². The lowest BCUT2D eigenvalue weighted by Gasteiger charge is -2.35. The predicted molar refractivity (Wildman–Crippen MR) is 120 cm³/mol. The van der Waals surface area contributed by atoms with Crippen molar-refractivity contribution in [3.63, 3.8) is 0 Å². The van der Waals surface area contributed by atoms with E-state index in [-0.39, 0.29) is 12.0 Å². The number of amides is 1. The zero-order valence-electron chi connectivity index (χ0n) is 18.0. The van der Waals surface area contributed by atoms with Crippen LogP contribution < -0.4 is 15.0 Å². The number of pyridine rings is 1. The summed E-state index contributed by atoms with van der Waals surface area (Å²) in [6, 6.07) is 14.4. The van der Waals surface area contributed by atoms with E-state index in [1.54, 1.807) is 0 Å². The highest BCUT2D eigenvalue weighted by Crippen LogP contribution is 2.17. The van der Waals surface area contributed by atoms with Gasteiger partial charge >= 0.3 is 0 Å². The molecule has 1 aromatic carbocycles. The van der Waals surface area contributed by atoms with E-state index in [9.17, 15) is 4.79 Å². The number of piperazine rings is 1. The quantitative estimate of drug-likeness (QED) is 0.624. The molecule has 1 N–H and O–H groups in total. The lowest BCUT2D eigenvalue weighted by molar-refractivity contribution is -0.130. The molecule has 3 heterocycles. The van der Waals surface area contributed by atoms with Crippen molar-refractivity contribution in [3.8, 4) is 5.75 Å². The van der Waals surface area contributed by atoms with Crippen molar-refractivity contribution in [2.45, 2.75) is 31.9 Å². The first-order valence-corrected chi connectivity index (χ1v) is 11.3. The lowest BCUT2D eigenvalue weighted by Crippen LogP contribution is -2.46. The molecule has 0 saturated carbocycles. The molecule has 7 heteroatoms. The summed E-state index contributed by atoms with van der Waals surface area (Å²) in [5.41, 5.74) is 1.29. The van der Waals surface area contributed by atoms with Gasteiger partial charge in [-0.05, 0) is 49.1 Å². The smallest absolute Gasteiger partial charge is 0.249 e. The largest absolute Gasteiger partial charge is 0.494 e. The number of carbonyl (C=O) groups excluding carboxylic acids is 1. The van der Waals surface area contributed by atoms with Gasteiger partial charge < -0.3 is 19.7 Å². The molecule has 2 aromatic rings. The van der Waals surface area contributed by atoms with E-state index >= 15 is 0 Å².